The van der Waals surface area contributed by atoms with Gasteiger partial charge in [0, 0.05) is 116 Å². The molecule has 0 bridgehead atoms. The Morgan fingerprint density at radius 1 is 0.333 bits per heavy atom. The Morgan fingerprint density at radius 3 is 1.02 bits per heavy atom. The third-order valence-corrected chi connectivity index (χ3v) is 13.1. The van der Waals surface area contributed by atoms with Crippen molar-refractivity contribution in [3.05, 3.63) is 219 Å². The molecule has 6 aromatic carbocycles. The van der Waals surface area contributed by atoms with Crippen LogP contribution in [-0.4, -0.2) is 19.1 Å². The molecule has 7 heteroatoms. The first-order valence-corrected chi connectivity index (χ1v) is 21.9. The number of hydrogen-bond acceptors (Lipinski definition) is 5. The number of anilines is 6. The molecule has 0 fully saturated rings. The molecule has 0 aliphatic heterocycles. The Hall–Kier alpha value is -8.00. The highest BCUT2D eigenvalue weighted by Gasteiger charge is 2.19. The maximum atomic E-state index is 4.35. The molecule has 0 unspecified atom stereocenters. The minimum Gasteiger partial charge on any atom is -0.344 e. The van der Waals surface area contributed by atoms with Crippen LogP contribution in [0.3, 0.4) is 0 Å². The molecule has 6 nitrogen and oxygen atoms in total. The van der Waals surface area contributed by atoms with Gasteiger partial charge in [-0.05, 0) is 119 Å². The van der Waals surface area contributed by atoms with Crippen LogP contribution in [0.5, 0.6) is 0 Å². The zero-order chi connectivity index (χ0) is 42.3. The van der Waals surface area contributed by atoms with Crippen LogP contribution >= 0.6 is 11.3 Å². The first-order chi connectivity index (χ1) is 31.1. The molecule has 11 rings (SSSR count). The molecular weight excluding hydrogens is 789 g/mol. The van der Waals surface area contributed by atoms with E-state index in [1.54, 1.807) is 0 Å². The molecule has 0 radical (unpaired) electrons. The van der Waals surface area contributed by atoms with Crippen LogP contribution in [0.2, 0.25) is 0 Å². The van der Waals surface area contributed by atoms with Crippen molar-refractivity contribution >= 4 is 65.6 Å². The molecule has 0 saturated carbocycles. The lowest BCUT2D eigenvalue weighted by molar-refractivity contribution is 0.946. The summed E-state index contributed by atoms with van der Waals surface area (Å²) < 4.78 is 6.99. The fraction of sp³-hybridized carbons (Fsp3) is 0.0357. The molecule has 0 amide bonds. The van der Waals surface area contributed by atoms with Gasteiger partial charge < -0.3 is 18.9 Å². The molecule has 0 saturated heterocycles. The van der Waals surface area contributed by atoms with Crippen molar-refractivity contribution in [3.63, 3.8) is 0 Å². The average molecular weight is 831 g/mol. The topological polar surface area (TPSA) is 42.1 Å². The largest absolute Gasteiger partial charge is 0.344 e. The zero-order valence-electron chi connectivity index (χ0n) is 34.9. The lowest BCUT2D eigenvalue weighted by Crippen LogP contribution is -2.10. The molecule has 0 spiro atoms. The summed E-state index contributed by atoms with van der Waals surface area (Å²) in [6, 6.07) is 69.6. The van der Waals surface area contributed by atoms with E-state index in [9.17, 15) is 0 Å². The number of pyridine rings is 2. The van der Waals surface area contributed by atoms with Crippen LogP contribution in [0.15, 0.2) is 219 Å². The Bertz CT molecular complexity index is 3110. The van der Waals surface area contributed by atoms with Crippen LogP contribution in [0.1, 0.15) is 0 Å². The monoisotopic (exact) mass is 830 g/mol. The number of thiophene rings is 1. The summed E-state index contributed by atoms with van der Waals surface area (Å²) in [5.41, 5.74) is 15.9. The van der Waals surface area contributed by atoms with Gasteiger partial charge in [0.2, 0.25) is 0 Å². The predicted molar refractivity (Wildman–Crippen MR) is 264 cm³/mol. The number of benzene rings is 6. The van der Waals surface area contributed by atoms with Crippen LogP contribution < -0.4 is 9.80 Å². The maximum absolute atomic E-state index is 4.35. The number of hydrogen-bond donors (Lipinski definition) is 0. The fourth-order valence-electron chi connectivity index (χ4n) is 8.88. The molecule has 302 valence electrons. The van der Waals surface area contributed by atoms with Gasteiger partial charge in [-0.15, -0.1) is 11.3 Å². The number of nitrogens with zero attached hydrogens (tertiary/aromatic N) is 6. The lowest BCUT2D eigenvalue weighted by atomic mass is 10.1. The first-order valence-electron chi connectivity index (χ1n) is 21.1. The predicted octanol–water partition coefficient (Wildman–Crippen LogP) is 15.1. The Labute approximate surface area is 370 Å². The van der Waals surface area contributed by atoms with E-state index < -0.39 is 0 Å². The van der Waals surface area contributed by atoms with E-state index in [4.69, 9.17) is 0 Å². The van der Waals surface area contributed by atoms with Crippen LogP contribution in [-0.2, 0) is 14.1 Å². The average Bonchev–Trinajstić information content (AvgIpc) is 4.04. The van der Waals surface area contributed by atoms with E-state index in [1.807, 2.05) is 36.1 Å². The molecule has 0 aliphatic rings. The van der Waals surface area contributed by atoms with Gasteiger partial charge in [0.1, 0.15) is 0 Å². The van der Waals surface area contributed by atoms with Crippen molar-refractivity contribution in [2.45, 2.75) is 0 Å². The highest BCUT2D eigenvalue weighted by molar-refractivity contribution is 7.25. The Morgan fingerprint density at radius 2 is 0.651 bits per heavy atom. The van der Waals surface area contributed by atoms with E-state index in [1.165, 1.54) is 65.2 Å². The quantitative estimate of drug-likeness (QED) is 0.138. The van der Waals surface area contributed by atoms with Gasteiger partial charge in [-0.3, -0.25) is 9.97 Å². The number of rotatable bonds is 10. The van der Waals surface area contributed by atoms with Gasteiger partial charge in [-0.25, -0.2) is 0 Å². The lowest BCUT2D eigenvalue weighted by Gasteiger charge is -2.25. The minimum atomic E-state index is 1.05. The minimum absolute atomic E-state index is 1.05. The van der Waals surface area contributed by atoms with Gasteiger partial charge >= 0.3 is 0 Å². The zero-order valence-corrected chi connectivity index (χ0v) is 35.7. The number of fused-ring (bicyclic) bond motifs is 3. The van der Waals surface area contributed by atoms with E-state index in [0.717, 1.165) is 34.1 Å². The van der Waals surface area contributed by atoms with Crippen LogP contribution in [0.4, 0.5) is 34.1 Å². The van der Waals surface area contributed by atoms with Gasteiger partial charge in [-0.2, -0.15) is 0 Å². The Balaban J connectivity index is 0.930. The van der Waals surface area contributed by atoms with Crippen LogP contribution in [0.25, 0.3) is 65.2 Å². The summed E-state index contributed by atoms with van der Waals surface area (Å²) in [7, 11) is 4.28. The first kappa shape index (κ1) is 38.0. The second kappa shape index (κ2) is 16.1. The van der Waals surface area contributed by atoms with Crippen molar-refractivity contribution in [2.24, 2.45) is 14.1 Å². The third kappa shape index (κ3) is 7.04. The third-order valence-electron chi connectivity index (χ3n) is 12.0. The summed E-state index contributed by atoms with van der Waals surface area (Å²) in [4.78, 5) is 13.3. The van der Waals surface area contributed by atoms with E-state index in [2.05, 4.69) is 237 Å². The van der Waals surface area contributed by atoms with Crippen molar-refractivity contribution in [3.8, 4) is 45.0 Å². The van der Waals surface area contributed by atoms with Crippen molar-refractivity contribution < 1.29 is 0 Å². The molecule has 0 aliphatic carbocycles. The van der Waals surface area contributed by atoms with Crippen molar-refractivity contribution in [1.82, 2.24) is 19.1 Å². The molecule has 0 N–H and O–H groups in total. The van der Waals surface area contributed by atoms with E-state index in [0.29, 0.717) is 0 Å². The highest BCUT2D eigenvalue weighted by atomic mass is 32.1. The molecule has 5 heterocycles. The standard InChI is InChI=1S/C56H42N6S/c1-59-51(39-9-5-3-6-10-39)25-27-53(59)41-13-17-43(18-14-41)61(45-29-33-57-34-30-45)47-21-23-49-50-24-22-48(38-56(50)63-55(49)37-47)62(46-31-35-58-36-32-46)44-19-15-42(16-20-44)54-28-26-52(60(54)2)40-11-7-4-8-12-40/h3-38H,1-2H3. The normalized spacial score (nSPS) is 11.3. The number of aromatic nitrogens is 4. The van der Waals surface area contributed by atoms with Crippen LogP contribution in [0, 0.1) is 0 Å². The fourth-order valence-corrected chi connectivity index (χ4v) is 10.0. The van der Waals surface area contributed by atoms with Gasteiger partial charge in [0.25, 0.3) is 0 Å². The van der Waals surface area contributed by atoms with Crippen molar-refractivity contribution in [2.75, 3.05) is 9.80 Å². The maximum Gasteiger partial charge on any atom is 0.0492 e. The highest BCUT2D eigenvalue weighted by Crippen LogP contribution is 2.44. The van der Waals surface area contributed by atoms with Crippen molar-refractivity contribution in [1.29, 1.82) is 0 Å². The second-order valence-electron chi connectivity index (χ2n) is 15.7. The SMILES string of the molecule is Cn1c(-c2ccccc2)ccc1-c1ccc(N(c2ccncc2)c2ccc3c(c2)sc2cc(N(c4ccncc4)c4ccc(-c5ccc(-c6ccccc6)n5C)cc4)ccc23)cc1. The summed E-state index contributed by atoms with van der Waals surface area (Å²) in [6.45, 7) is 0. The molecule has 0 atom stereocenters. The van der Waals surface area contributed by atoms with E-state index >= 15 is 0 Å². The Kier molecular flexibility index (Phi) is 9.71. The van der Waals surface area contributed by atoms with Gasteiger partial charge in [-0.1, -0.05) is 97.1 Å². The second-order valence-corrected chi connectivity index (χ2v) is 16.8. The summed E-state index contributed by atoms with van der Waals surface area (Å²) in [6.07, 6.45) is 7.43. The van der Waals surface area contributed by atoms with Gasteiger partial charge in [0.15, 0.2) is 0 Å². The molecule has 11 aromatic rings. The smallest absolute Gasteiger partial charge is 0.0492 e. The molecule has 63 heavy (non-hydrogen) atoms. The summed E-state index contributed by atoms with van der Waals surface area (Å²) in [5, 5.41) is 2.48. The summed E-state index contributed by atoms with van der Waals surface area (Å²) in [5.74, 6) is 0. The molecular formula is C56H42N6S. The van der Waals surface area contributed by atoms with Gasteiger partial charge in [0.05, 0.1) is 0 Å². The summed E-state index contributed by atoms with van der Waals surface area (Å²) >= 11 is 1.83. The molecule has 5 aromatic heterocycles. The van der Waals surface area contributed by atoms with E-state index in [-0.39, 0.29) is 0 Å².